The summed E-state index contributed by atoms with van der Waals surface area (Å²) in [6, 6.07) is 22.9. The number of hydrogen-bond acceptors (Lipinski definition) is 4. The molecule has 0 aromatic heterocycles. The first-order valence-corrected chi connectivity index (χ1v) is 10.7. The molecule has 0 spiro atoms. The number of ether oxygens (including phenoxy) is 1. The van der Waals surface area contributed by atoms with Gasteiger partial charge >= 0.3 is 0 Å². The molecule has 0 aliphatic heterocycles. The van der Waals surface area contributed by atoms with Crippen LogP contribution in [-0.2, 0) is 0 Å². The van der Waals surface area contributed by atoms with E-state index in [2.05, 4.69) is 16.0 Å². The van der Waals surface area contributed by atoms with Crippen molar-refractivity contribution in [2.24, 2.45) is 0 Å². The van der Waals surface area contributed by atoms with Crippen LogP contribution in [0.15, 0.2) is 78.9 Å². The van der Waals surface area contributed by atoms with E-state index in [0.29, 0.717) is 28.3 Å². The van der Waals surface area contributed by atoms with E-state index in [1.54, 1.807) is 72.8 Å². The van der Waals surface area contributed by atoms with Crippen LogP contribution in [0.3, 0.4) is 0 Å². The van der Waals surface area contributed by atoms with E-state index in [4.69, 9.17) is 17.0 Å². The Morgan fingerprint density at radius 2 is 1.47 bits per heavy atom. The molecule has 0 saturated carbocycles. The van der Waals surface area contributed by atoms with Crippen LogP contribution in [-0.4, -0.2) is 23.0 Å². The maximum atomic E-state index is 12.5. The molecule has 0 bridgehead atoms. The Morgan fingerprint density at radius 1 is 0.844 bits per heavy atom. The van der Waals surface area contributed by atoms with Gasteiger partial charge in [-0.1, -0.05) is 31.2 Å². The zero-order valence-electron chi connectivity index (χ0n) is 17.9. The van der Waals surface area contributed by atoms with Crippen molar-refractivity contribution in [3.05, 3.63) is 90.0 Å². The lowest BCUT2D eigenvalue weighted by Crippen LogP contribution is -2.34. The number of hydrogen-bond donors (Lipinski definition) is 3. The third-order valence-electron chi connectivity index (χ3n) is 4.67. The van der Waals surface area contributed by atoms with Crippen LogP contribution in [0.5, 0.6) is 5.75 Å². The van der Waals surface area contributed by atoms with Crippen molar-refractivity contribution in [3.8, 4) is 5.75 Å². The molecular weight excluding hydrogens is 422 g/mol. The summed E-state index contributed by atoms with van der Waals surface area (Å²) in [6.45, 7) is 4.04. The minimum Gasteiger partial charge on any atom is -0.491 e. The van der Waals surface area contributed by atoms with Gasteiger partial charge in [-0.2, -0.15) is 0 Å². The average molecular weight is 448 g/mol. The smallest absolute Gasteiger partial charge is 0.257 e. The van der Waals surface area contributed by atoms with Crippen LogP contribution >= 0.6 is 12.2 Å². The Bertz CT molecular complexity index is 1090. The lowest BCUT2D eigenvalue weighted by Gasteiger charge is -2.13. The van der Waals surface area contributed by atoms with Gasteiger partial charge < -0.3 is 15.4 Å². The molecule has 3 aromatic rings. The Hall–Kier alpha value is -3.71. The highest BCUT2D eigenvalue weighted by molar-refractivity contribution is 7.80. The van der Waals surface area contributed by atoms with Crippen LogP contribution in [0.1, 0.15) is 41.0 Å². The van der Waals surface area contributed by atoms with Crippen molar-refractivity contribution in [2.75, 3.05) is 10.6 Å². The molecule has 3 rings (SSSR count). The summed E-state index contributed by atoms with van der Waals surface area (Å²) in [6.07, 6.45) is 1.01. The van der Waals surface area contributed by atoms with Crippen molar-refractivity contribution in [3.63, 3.8) is 0 Å². The van der Waals surface area contributed by atoms with E-state index in [1.807, 2.05) is 19.9 Å². The van der Waals surface area contributed by atoms with Gasteiger partial charge in [0.05, 0.1) is 6.10 Å². The first-order valence-electron chi connectivity index (χ1n) is 10.3. The third kappa shape index (κ3) is 6.65. The number of amides is 2. The van der Waals surface area contributed by atoms with Crippen LogP contribution < -0.4 is 20.7 Å². The molecule has 1 atom stereocenters. The van der Waals surface area contributed by atoms with E-state index in [1.165, 1.54) is 0 Å². The monoisotopic (exact) mass is 447 g/mol. The number of carbonyl (C=O) groups is 2. The summed E-state index contributed by atoms with van der Waals surface area (Å²) in [4.78, 5) is 24.8. The second kappa shape index (κ2) is 11.1. The molecule has 0 heterocycles. The van der Waals surface area contributed by atoms with Crippen molar-refractivity contribution in [2.45, 2.75) is 26.4 Å². The number of anilines is 2. The normalized spacial score (nSPS) is 11.2. The number of rotatable bonds is 7. The standard InChI is InChI=1S/C25H25N3O3S/c1-3-17(2)31-22-14-12-19(13-15-22)24(30)28-25(32)27-21-11-7-10-20(16-21)26-23(29)18-8-5-4-6-9-18/h4-17H,3H2,1-2H3,(H,26,29)(H2,27,28,30,32)/t17-/m0/s1. The van der Waals surface area contributed by atoms with Crippen LogP contribution in [0.4, 0.5) is 11.4 Å². The molecule has 3 aromatic carbocycles. The largest absolute Gasteiger partial charge is 0.491 e. The molecule has 0 aliphatic rings. The molecular formula is C25H25N3O3S. The molecule has 0 radical (unpaired) electrons. The summed E-state index contributed by atoms with van der Waals surface area (Å²) in [5.41, 5.74) is 2.28. The molecule has 3 N–H and O–H groups in total. The molecule has 0 aliphatic carbocycles. The van der Waals surface area contributed by atoms with Crippen LogP contribution in [0.2, 0.25) is 0 Å². The Morgan fingerprint density at radius 3 is 2.12 bits per heavy atom. The van der Waals surface area contributed by atoms with Gasteiger partial charge in [0, 0.05) is 22.5 Å². The zero-order valence-corrected chi connectivity index (χ0v) is 18.7. The summed E-state index contributed by atoms with van der Waals surface area (Å²) < 4.78 is 5.73. The number of nitrogens with one attached hydrogen (secondary N) is 3. The maximum Gasteiger partial charge on any atom is 0.257 e. The van der Waals surface area contributed by atoms with Crippen LogP contribution in [0.25, 0.3) is 0 Å². The van der Waals surface area contributed by atoms with Gasteiger partial charge in [0.2, 0.25) is 0 Å². The number of thiocarbonyl (C=S) groups is 1. The molecule has 6 nitrogen and oxygen atoms in total. The Labute approximate surface area is 193 Å². The number of benzene rings is 3. The van der Waals surface area contributed by atoms with Gasteiger partial charge in [-0.05, 0) is 80.2 Å². The fraction of sp³-hybridized carbons (Fsp3) is 0.160. The van der Waals surface area contributed by atoms with Gasteiger partial charge in [0.15, 0.2) is 5.11 Å². The summed E-state index contributed by atoms with van der Waals surface area (Å²) >= 11 is 5.26. The van der Waals surface area contributed by atoms with E-state index in [-0.39, 0.29) is 23.0 Å². The first-order chi connectivity index (χ1) is 15.4. The van der Waals surface area contributed by atoms with Gasteiger partial charge in [0.1, 0.15) is 5.75 Å². The second-order valence-corrected chi connectivity index (χ2v) is 7.58. The fourth-order valence-electron chi connectivity index (χ4n) is 2.81. The van der Waals surface area contributed by atoms with E-state index < -0.39 is 0 Å². The highest BCUT2D eigenvalue weighted by Crippen LogP contribution is 2.17. The van der Waals surface area contributed by atoms with Gasteiger partial charge in [-0.15, -0.1) is 0 Å². The SMILES string of the molecule is CC[C@H](C)Oc1ccc(C(=O)NC(=S)Nc2cccc(NC(=O)c3ccccc3)c2)cc1. The van der Waals surface area contributed by atoms with Crippen molar-refractivity contribution < 1.29 is 14.3 Å². The van der Waals surface area contributed by atoms with Crippen molar-refractivity contribution in [1.29, 1.82) is 0 Å². The molecule has 7 heteroatoms. The lowest BCUT2D eigenvalue weighted by molar-refractivity contribution is 0.0976. The highest BCUT2D eigenvalue weighted by atomic mass is 32.1. The highest BCUT2D eigenvalue weighted by Gasteiger charge is 2.10. The van der Waals surface area contributed by atoms with Gasteiger partial charge in [-0.3, -0.25) is 14.9 Å². The van der Waals surface area contributed by atoms with Crippen molar-refractivity contribution >= 4 is 40.5 Å². The van der Waals surface area contributed by atoms with E-state index in [0.717, 1.165) is 6.42 Å². The van der Waals surface area contributed by atoms with Gasteiger partial charge in [-0.25, -0.2) is 0 Å². The first kappa shape index (κ1) is 23.0. The molecule has 0 unspecified atom stereocenters. The van der Waals surface area contributed by atoms with E-state index in [9.17, 15) is 9.59 Å². The third-order valence-corrected chi connectivity index (χ3v) is 4.87. The minimum atomic E-state index is -0.328. The molecule has 0 saturated heterocycles. The summed E-state index contributed by atoms with van der Waals surface area (Å²) in [5, 5.41) is 8.61. The summed E-state index contributed by atoms with van der Waals surface area (Å²) in [7, 11) is 0. The zero-order chi connectivity index (χ0) is 22.9. The predicted octanol–water partition coefficient (Wildman–Crippen LogP) is 5.24. The summed E-state index contributed by atoms with van der Waals surface area (Å²) in [5.74, 6) is 0.177. The lowest BCUT2D eigenvalue weighted by atomic mass is 10.2. The molecule has 164 valence electrons. The predicted molar refractivity (Wildman–Crippen MR) is 131 cm³/mol. The fourth-order valence-corrected chi connectivity index (χ4v) is 3.02. The molecule has 0 fully saturated rings. The second-order valence-electron chi connectivity index (χ2n) is 7.17. The van der Waals surface area contributed by atoms with Crippen molar-refractivity contribution in [1.82, 2.24) is 5.32 Å². The number of carbonyl (C=O) groups excluding carboxylic acids is 2. The topological polar surface area (TPSA) is 79.5 Å². The quantitative estimate of drug-likeness (QED) is 0.432. The minimum absolute atomic E-state index is 0.111. The maximum absolute atomic E-state index is 12.5. The molecule has 2 amide bonds. The Kier molecular flexibility index (Phi) is 7.94. The van der Waals surface area contributed by atoms with Gasteiger partial charge in [0.25, 0.3) is 11.8 Å². The molecule has 32 heavy (non-hydrogen) atoms. The Balaban J connectivity index is 1.56. The average Bonchev–Trinajstić information content (AvgIpc) is 2.80. The van der Waals surface area contributed by atoms with E-state index >= 15 is 0 Å². The van der Waals surface area contributed by atoms with Crippen LogP contribution in [0, 0.1) is 0 Å².